The number of hydrogen-bond donors (Lipinski definition) is 0. The molecule has 3 aromatic carbocycles. The lowest BCUT2D eigenvalue weighted by atomic mass is 9.99. The maximum Gasteiger partial charge on any atom is 0.161 e. The van der Waals surface area contributed by atoms with Gasteiger partial charge in [-0.15, -0.1) is 0 Å². The highest BCUT2D eigenvalue weighted by atomic mass is 16.6. The molecule has 0 saturated carbocycles. The summed E-state index contributed by atoms with van der Waals surface area (Å²) >= 11 is 0. The van der Waals surface area contributed by atoms with Crippen molar-refractivity contribution in [3.63, 3.8) is 0 Å². The standard InChI is InChI=1S/C33H37N3O3/c1-3-5-14-29-30(34-24-35-33(29)27-11-7-6-8-12-27)23-36(21-25-10-9-13-28(19-25)37-4-2)22-26-15-16-31-32(20-26)39-18-17-38-31/h6-13,15-16,19-20,24H,3-5,14,17-18,21-23H2,1-2H3. The Labute approximate surface area is 231 Å². The second-order valence-electron chi connectivity index (χ2n) is 9.82. The maximum absolute atomic E-state index is 5.87. The number of nitrogens with zero attached hydrogens (tertiary/aromatic N) is 3. The first-order chi connectivity index (χ1) is 19.2. The minimum absolute atomic E-state index is 0.578. The van der Waals surface area contributed by atoms with Gasteiger partial charge in [-0.05, 0) is 55.2 Å². The maximum atomic E-state index is 5.87. The van der Waals surface area contributed by atoms with E-state index < -0.39 is 0 Å². The first kappa shape index (κ1) is 26.7. The fraction of sp³-hybridized carbons (Fsp3) is 0.333. The van der Waals surface area contributed by atoms with Crippen molar-refractivity contribution in [1.29, 1.82) is 0 Å². The van der Waals surface area contributed by atoms with E-state index in [1.807, 2.05) is 25.1 Å². The first-order valence-corrected chi connectivity index (χ1v) is 13.9. The summed E-state index contributed by atoms with van der Waals surface area (Å²) in [4.78, 5) is 12.0. The zero-order chi connectivity index (χ0) is 26.9. The largest absolute Gasteiger partial charge is 0.494 e. The number of hydrogen-bond acceptors (Lipinski definition) is 6. The number of rotatable bonds is 12. The van der Waals surface area contributed by atoms with Crippen molar-refractivity contribution < 1.29 is 14.2 Å². The van der Waals surface area contributed by atoms with Crippen molar-refractivity contribution in [2.75, 3.05) is 19.8 Å². The lowest BCUT2D eigenvalue weighted by Gasteiger charge is -2.25. The van der Waals surface area contributed by atoms with E-state index in [2.05, 4.69) is 66.4 Å². The molecule has 0 radical (unpaired) electrons. The van der Waals surface area contributed by atoms with Gasteiger partial charge in [-0.3, -0.25) is 4.90 Å². The van der Waals surface area contributed by atoms with Crippen molar-refractivity contribution in [2.24, 2.45) is 0 Å². The van der Waals surface area contributed by atoms with Gasteiger partial charge in [0.1, 0.15) is 25.3 Å². The second kappa shape index (κ2) is 13.3. The van der Waals surface area contributed by atoms with Crippen LogP contribution in [0.2, 0.25) is 0 Å². The minimum Gasteiger partial charge on any atom is -0.494 e. The first-order valence-electron chi connectivity index (χ1n) is 13.9. The molecule has 0 amide bonds. The van der Waals surface area contributed by atoms with Crippen LogP contribution >= 0.6 is 0 Å². The van der Waals surface area contributed by atoms with Gasteiger partial charge in [-0.1, -0.05) is 61.9 Å². The molecule has 0 N–H and O–H groups in total. The van der Waals surface area contributed by atoms with Crippen molar-refractivity contribution in [3.05, 3.63) is 102 Å². The van der Waals surface area contributed by atoms with Gasteiger partial charge in [0.15, 0.2) is 11.5 Å². The minimum atomic E-state index is 0.578. The van der Waals surface area contributed by atoms with E-state index in [1.165, 1.54) is 16.7 Å². The Kier molecular flexibility index (Phi) is 9.07. The van der Waals surface area contributed by atoms with Crippen LogP contribution in [0.5, 0.6) is 17.2 Å². The van der Waals surface area contributed by atoms with Gasteiger partial charge in [0.2, 0.25) is 0 Å². The zero-order valence-electron chi connectivity index (χ0n) is 22.9. The van der Waals surface area contributed by atoms with Gasteiger partial charge in [0.05, 0.1) is 18.0 Å². The average Bonchev–Trinajstić information content (AvgIpc) is 2.97. The molecule has 0 saturated heterocycles. The third-order valence-electron chi connectivity index (χ3n) is 6.86. The van der Waals surface area contributed by atoms with E-state index >= 15 is 0 Å². The fourth-order valence-electron chi connectivity index (χ4n) is 5.03. The van der Waals surface area contributed by atoms with E-state index in [4.69, 9.17) is 24.2 Å². The molecule has 0 bridgehead atoms. The molecular formula is C33H37N3O3. The Balaban J connectivity index is 1.48. The molecule has 39 heavy (non-hydrogen) atoms. The van der Waals surface area contributed by atoms with E-state index in [1.54, 1.807) is 6.33 Å². The number of benzene rings is 3. The summed E-state index contributed by atoms with van der Waals surface area (Å²) in [7, 11) is 0. The fourth-order valence-corrected chi connectivity index (χ4v) is 5.03. The van der Waals surface area contributed by atoms with Crippen LogP contribution in [-0.4, -0.2) is 34.7 Å². The molecule has 0 fully saturated rings. The molecule has 6 heteroatoms. The molecular weight excluding hydrogens is 486 g/mol. The summed E-state index contributed by atoms with van der Waals surface area (Å²) in [5, 5.41) is 0. The Morgan fingerprint density at radius 1 is 0.795 bits per heavy atom. The van der Waals surface area contributed by atoms with Crippen molar-refractivity contribution in [1.82, 2.24) is 14.9 Å². The summed E-state index contributed by atoms with van der Waals surface area (Å²) in [5.41, 5.74) is 6.86. The smallest absolute Gasteiger partial charge is 0.161 e. The highest BCUT2D eigenvalue weighted by Crippen LogP contribution is 2.32. The summed E-state index contributed by atoms with van der Waals surface area (Å²) in [6.07, 6.45) is 4.88. The van der Waals surface area contributed by atoms with Crippen molar-refractivity contribution >= 4 is 0 Å². The van der Waals surface area contributed by atoms with E-state index in [0.717, 1.165) is 66.6 Å². The van der Waals surface area contributed by atoms with Gasteiger partial charge < -0.3 is 14.2 Å². The SMILES string of the molecule is CCCCc1c(CN(Cc2cccc(OCC)c2)Cc2ccc3c(c2)OCCO3)ncnc1-c1ccccc1. The van der Waals surface area contributed by atoms with Gasteiger partial charge >= 0.3 is 0 Å². The summed E-state index contributed by atoms with van der Waals surface area (Å²) in [6.45, 7) is 8.26. The molecule has 1 aromatic heterocycles. The average molecular weight is 524 g/mol. The molecule has 6 nitrogen and oxygen atoms in total. The van der Waals surface area contributed by atoms with Crippen LogP contribution in [0.4, 0.5) is 0 Å². The second-order valence-corrected chi connectivity index (χ2v) is 9.82. The quantitative estimate of drug-likeness (QED) is 0.202. The molecule has 0 unspecified atom stereocenters. The van der Waals surface area contributed by atoms with E-state index in [-0.39, 0.29) is 0 Å². The summed E-state index contributed by atoms with van der Waals surface area (Å²) in [5.74, 6) is 2.52. The predicted octanol–water partition coefficient (Wildman–Crippen LogP) is 6.86. The van der Waals surface area contributed by atoms with E-state index in [9.17, 15) is 0 Å². The van der Waals surface area contributed by atoms with Crippen molar-refractivity contribution in [2.45, 2.75) is 52.7 Å². The molecule has 2 heterocycles. The topological polar surface area (TPSA) is 56.7 Å². The lowest BCUT2D eigenvalue weighted by molar-refractivity contribution is 0.171. The monoisotopic (exact) mass is 523 g/mol. The predicted molar refractivity (Wildman–Crippen MR) is 154 cm³/mol. The molecule has 4 aromatic rings. The number of fused-ring (bicyclic) bond motifs is 1. The van der Waals surface area contributed by atoms with Crippen LogP contribution in [0.15, 0.2) is 79.1 Å². The third-order valence-corrected chi connectivity index (χ3v) is 6.86. The normalized spacial score (nSPS) is 12.5. The molecule has 1 aliphatic heterocycles. The highest BCUT2D eigenvalue weighted by molar-refractivity contribution is 5.63. The Morgan fingerprint density at radius 2 is 1.59 bits per heavy atom. The number of unbranched alkanes of at least 4 members (excludes halogenated alkanes) is 1. The van der Waals surface area contributed by atoms with Gasteiger partial charge in [-0.2, -0.15) is 0 Å². The summed E-state index contributed by atoms with van der Waals surface area (Å²) in [6, 6.07) is 25.1. The Bertz CT molecular complexity index is 1360. The molecule has 5 rings (SSSR count). The Morgan fingerprint density at radius 3 is 2.38 bits per heavy atom. The number of aromatic nitrogens is 2. The van der Waals surface area contributed by atoms with E-state index in [0.29, 0.717) is 26.4 Å². The lowest BCUT2D eigenvalue weighted by Crippen LogP contribution is -2.24. The highest BCUT2D eigenvalue weighted by Gasteiger charge is 2.18. The van der Waals surface area contributed by atoms with Gasteiger partial charge in [-0.25, -0.2) is 9.97 Å². The van der Waals surface area contributed by atoms with Crippen molar-refractivity contribution in [3.8, 4) is 28.5 Å². The molecule has 202 valence electrons. The molecule has 0 spiro atoms. The van der Waals surface area contributed by atoms with Crippen LogP contribution in [0.25, 0.3) is 11.3 Å². The van der Waals surface area contributed by atoms with Gasteiger partial charge in [0, 0.05) is 30.8 Å². The van der Waals surface area contributed by atoms with Gasteiger partial charge in [0.25, 0.3) is 0 Å². The van der Waals surface area contributed by atoms with Crippen LogP contribution in [-0.2, 0) is 26.1 Å². The van der Waals surface area contributed by atoms with Crippen LogP contribution in [0, 0.1) is 0 Å². The zero-order valence-corrected chi connectivity index (χ0v) is 22.9. The molecule has 0 aliphatic carbocycles. The third kappa shape index (κ3) is 6.95. The molecule has 0 atom stereocenters. The van der Waals surface area contributed by atoms with Crippen LogP contribution in [0.3, 0.4) is 0 Å². The molecule has 1 aliphatic rings. The van der Waals surface area contributed by atoms with Crippen LogP contribution in [0.1, 0.15) is 49.1 Å². The Hall–Kier alpha value is -3.90. The summed E-state index contributed by atoms with van der Waals surface area (Å²) < 4.78 is 17.4. The van der Waals surface area contributed by atoms with Crippen LogP contribution < -0.4 is 14.2 Å². The number of ether oxygens (including phenoxy) is 3.